The molecule has 0 bridgehead atoms. The third kappa shape index (κ3) is 2.52. The standard InChI is InChI=1S/C9H12FNO2S/c1-9(2,10)7-3-5-8(6-4-7)14(11,12)13/h3-6H,1-2H3,(H2,11,12,13). The van der Waals surface area contributed by atoms with E-state index in [2.05, 4.69) is 0 Å². The van der Waals surface area contributed by atoms with E-state index in [-0.39, 0.29) is 4.90 Å². The van der Waals surface area contributed by atoms with Crippen molar-refractivity contribution in [2.24, 2.45) is 5.14 Å². The lowest BCUT2D eigenvalue weighted by atomic mass is 10.0. The Morgan fingerprint density at radius 1 is 1.21 bits per heavy atom. The fourth-order valence-corrected chi connectivity index (χ4v) is 1.56. The molecule has 0 atom stereocenters. The second-order valence-corrected chi connectivity index (χ2v) is 5.10. The first-order chi connectivity index (χ1) is 6.21. The number of alkyl halides is 1. The smallest absolute Gasteiger partial charge is 0.238 e. The molecule has 2 N–H and O–H groups in total. The molecule has 1 aromatic rings. The molecule has 0 amide bonds. The zero-order chi connectivity index (χ0) is 11.0. The summed E-state index contributed by atoms with van der Waals surface area (Å²) in [5.41, 5.74) is -1.05. The van der Waals surface area contributed by atoms with E-state index in [4.69, 9.17) is 5.14 Å². The van der Waals surface area contributed by atoms with Gasteiger partial charge in [0.15, 0.2) is 0 Å². The van der Waals surface area contributed by atoms with Crippen molar-refractivity contribution in [2.45, 2.75) is 24.4 Å². The van der Waals surface area contributed by atoms with Crippen LogP contribution in [0.3, 0.4) is 0 Å². The van der Waals surface area contributed by atoms with Gasteiger partial charge in [0.1, 0.15) is 5.67 Å². The van der Waals surface area contributed by atoms with Gasteiger partial charge >= 0.3 is 0 Å². The largest absolute Gasteiger partial charge is 0.239 e. The molecule has 5 heteroatoms. The molecular weight excluding hydrogens is 205 g/mol. The molecule has 0 spiro atoms. The van der Waals surface area contributed by atoms with Crippen LogP contribution < -0.4 is 5.14 Å². The SMILES string of the molecule is CC(C)(F)c1ccc(S(N)(=O)=O)cc1. The molecule has 0 saturated carbocycles. The van der Waals surface area contributed by atoms with E-state index in [1.165, 1.54) is 38.1 Å². The predicted molar refractivity (Wildman–Crippen MR) is 51.9 cm³/mol. The molecule has 0 radical (unpaired) electrons. The summed E-state index contributed by atoms with van der Waals surface area (Å²) < 4.78 is 35.1. The van der Waals surface area contributed by atoms with Crippen LogP contribution >= 0.6 is 0 Å². The fourth-order valence-electron chi connectivity index (χ4n) is 1.04. The van der Waals surface area contributed by atoms with Crippen LogP contribution in [0.5, 0.6) is 0 Å². The molecule has 0 saturated heterocycles. The average Bonchev–Trinajstić information content (AvgIpc) is 2.01. The summed E-state index contributed by atoms with van der Waals surface area (Å²) in [6, 6.07) is 5.43. The van der Waals surface area contributed by atoms with Crippen molar-refractivity contribution in [3.63, 3.8) is 0 Å². The van der Waals surface area contributed by atoms with Crippen molar-refractivity contribution in [1.82, 2.24) is 0 Å². The molecule has 3 nitrogen and oxygen atoms in total. The molecular formula is C9H12FNO2S. The number of sulfonamides is 1. The first-order valence-electron chi connectivity index (χ1n) is 4.03. The molecule has 0 aromatic heterocycles. The molecule has 0 aliphatic heterocycles. The van der Waals surface area contributed by atoms with Crippen LogP contribution in [-0.2, 0) is 15.7 Å². The van der Waals surface area contributed by atoms with Gasteiger partial charge in [-0.1, -0.05) is 12.1 Å². The molecule has 14 heavy (non-hydrogen) atoms. The van der Waals surface area contributed by atoms with Gasteiger partial charge in [-0.2, -0.15) is 0 Å². The molecule has 78 valence electrons. The van der Waals surface area contributed by atoms with Gasteiger partial charge in [0.2, 0.25) is 10.0 Å². The van der Waals surface area contributed by atoms with Crippen molar-refractivity contribution in [3.8, 4) is 0 Å². The Morgan fingerprint density at radius 3 is 1.93 bits per heavy atom. The Hall–Kier alpha value is -0.940. The van der Waals surface area contributed by atoms with E-state index in [0.717, 1.165) is 0 Å². The van der Waals surface area contributed by atoms with Crippen LogP contribution in [0.2, 0.25) is 0 Å². The minimum atomic E-state index is -3.69. The highest BCUT2D eigenvalue weighted by Gasteiger charge is 2.19. The Morgan fingerprint density at radius 2 is 1.64 bits per heavy atom. The molecule has 0 heterocycles. The van der Waals surface area contributed by atoms with Gasteiger partial charge in [-0.05, 0) is 31.5 Å². The first-order valence-corrected chi connectivity index (χ1v) is 5.58. The lowest BCUT2D eigenvalue weighted by Gasteiger charge is -2.14. The maximum Gasteiger partial charge on any atom is 0.238 e. The van der Waals surface area contributed by atoms with Crippen molar-refractivity contribution in [1.29, 1.82) is 0 Å². The highest BCUT2D eigenvalue weighted by atomic mass is 32.2. The minimum Gasteiger partial charge on any atom is -0.239 e. The zero-order valence-electron chi connectivity index (χ0n) is 7.99. The van der Waals surface area contributed by atoms with E-state index < -0.39 is 15.7 Å². The van der Waals surface area contributed by atoms with Crippen LogP contribution in [0.1, 0.15) is 19.4 Å². The summed E-state index contributed by atoms with van der Waals surface area (Å²) in [5.74, 6) is 0. The molecule has 0 fully saturated rings. The van der Waals surface area contributed by atoms with Crippen molar-refractivity contribution < 1.29 is 12.8 Å². The van der Waals surface area contributed by atoms with E-state index in [0.29, 0.717) is 5.56 Å². The van der Waals surface area contributed by atoms with Gasteiger partial charge in [-0.15, -0.1) is 0 Å². The highest BCUT2D eigenvalue weighted by Crippen LogP contribution is 2.24. The van der Waals surface area contributed by atoms with Crippen molar-refractivity contribution in [2.75, 3.05) is 0 Å². The highest BCUT2D eigenvalue weighted by molar-refractivity contribution is 7.89. The van der Waals surface area contributed by atoms with Crippen LogP contribution in [-0.4, -0.2) is 8.42 Å². The van der Waals surface area contributed by atoms with Crippen LogP contribution in [0.25, 0.3) is 0 Å². The molecule has 1 aromatic carbocycles. The summed E-state index contributed by atoms with van der Waals surface area (Å²) >= 11 is 0. The summed E-state index contributed by atoms with van der Waals surface area (Å²) in [5, 5.41) is 4.89. The predicted octanol–water partition coefficient (Wildman–Crippen LogP) is 1.54. The maximum absolute atomic E-state index is 13.4. The Bertz CT molecular complexity index is 417. The molecule has 0 unspecified atom stereocenters. The first kappa shape index (κ1) is 11.1. The third-order valence-corrected chi connectivity index (χ3v) is 2.80. The van der Waals surface area contributed by atoms with E-state index in [9.17, 15) is 12.8 Å². The van der Waals surface area contributed by atoms with Crippen LogP contribution in [0, 0.1) is 0 Å². The molecule has 0 aliphatic rings. The maximum atomic E-state index is 13.4. The van der Waals surface area contributed by atoms with Gasteiger partial charge in [-0.3, -0.25) is 0 Å². The number of nitrogens with two attached hydrogens (primary N) is 1. The Balaban J connectivity index is 3.14. The summed E-state index contributed by atoms with van der Waals surface area (Å²) in [7, 11) is -3.69. The summed E-state index contributed by atoms with van der Waals surface area (Å²) in [4.78, 5) is -0.00880. The van der Waals surface area contributed by atoms with Crippen LogP contribution in [0.15, 0.2) is 29.2 Å². The number of benzene rings is 1. The molecule has 1 rings (SSSR count). The Kier molecular flexibility index (Phi) is 2.65. The van der Waals surface area contributed by atoms with E-state index in [1.807, 2.05) is 0 Å². The number of halogens is 1. The summed E-state index contributed by atoms with van der Waals surface area (Å²) in [6.45, 7) is 2.80. The van der Waals surface area contributed by atoms with Gasteiger partial charge in [-0.25, -0.2) is 17.9 Å². The minimum absolute atomic E-state index is 0.00880. The lowest BCUT2D eigenvalue weighted by molar-refractivity contribution is 0.221. The number of hydrogen-bond acceptors (Lipinski definition) is 2. The number of primary sulfonamides is 1. The summed E-state index contributed by atoms with van der Waals surface area (Å²) in [6.07, 6.45) is 0. The van der Waals surface area contributed by atoms with Gasteiger partial charge in [0.25, 0.3) is 0 Å². The second kappa shape index (κ2) is 3.33. The topological polar surface area (TPSA) is 60.2 Å². The number of hydrogen-bond donors (Lipinski definition) is 1. The van der Waals surface area contributed by atoms with E-state index in [1.54, 1.807) is 0 Å². The second-order valence-electron chi connectivity index (χ2n) is 3.54. The van der Waals surface area contributed by atoms with Crippen LogP contribution in [0.4, 0.5) is 4.39 Å². The van der Waals surface area contributed by atoms with E-state index >= 15 is 0 Å². The monoisotopic (exact) mass is 217 g/mol. The molecule has 0 aliphatic carbocycles. The van der Waals surface area contributed by atoms with Gasteiger partial charge in [0, 0.05) is 0 Å². The average molecular weight is 217 g/mol. The Labute approximate surface area is 82.8 Å². The third-order valence-electron chi connectivity index (χ3n) is 1.87. The van der Waals surface area contributed by atoms with Crippen molar-refractivity contribution >= 4 is 10.0 Å². The van der Waals surface area contributed by atoms with Gasteiger partial charge in [0.05, 0.1) is 4.90 Å². The van der Waals surface area contributed by atoms with Crippen molar-refractivity contribution in [3.05, 3.63) is 29.8 Å². The lowest BCUT2D eigenvalue weighted by Crippen LogP contribution is -2.13. The van der Waals surface area contributed by atoms with Gasteiger partial charge < -0.3 is 0 Å². The fraction of sp³-hybridized carbons (Fsp3) is 0.333. The zero-order valence-corrected chi connectivity index (χ0v) is 8.81. The number of rotatable bonds is 2. The quantitative estimate of drug-likeness (QED) is 0.816. The normalized spacial score (nSPS) is 12.9.